The molecule has 3 rings (SSSR count). The van der Waals surface area contributed by atoms with E-state index in [1.54, 1.807) is 33.4 Å². The summed E-state index contributed by atoms with van der Waals surface area (Å²) >= 11 is 0. The van der Waals surface area contributed by atoms with E-state index in [1.165, 1.54) is 0 Å². The Kier molecular flexibility index (Phi) is 5.70. The number of aromatic nitrogens is 3. The Hall–Kier alpha value is -2.54. The average Bonchev–Trinajstić information content (AvgIpc) is 2.68. The number of ether oxygens (including phenoxy) is 1. The fourth-order valence-electron chi connectivity index (χ4n) is 3.33. The Morgan fingerprint density at radius 1 is 1.30 bits per heavy atom. The van der Waals surface area contributed by atoms with Crippen LogP contribution in [0.1, 0.15) is 44.0 Å². The smallest absolute Gasteiger partial charge is 0.254 e. The Balaban J connectivity index is 1.81. The molecule has 2 aromatic rings. The molecule has 1 atom stereocenters. The summed E-state index contributed by atoms with van der Waals surface area (Å²) in [7, 11) is 1.57. The first-order valence-electron chi connectivity index (χ1n) is 9.27. The van der Waals surface area contributed by atoms with E-state index >= 15 is 0 Å². The van der Waals surface area contributed by atoms with Crippen molar-refractivity contribution >= 4 is 17.5 Å². The summed E-state index contributed by atoms with van der Waals surface area (Å²) in [6.45, 7) is 6.91. The molecule has 7 heteroatoms. The number of rotatable bonds is 5. The molecule has 0 aliphatic carbocycles. The second-order valence-corrected chi connectivity index (χ2v) is 7.38. The number of nitrogens with zero attached hydrogens (tertiary/aromatic N) is 4. The van der Waals surface area contributed by atoms with Crippen LogP contribution >= 0.6 is 0 Å². The van der Waals surface area contributed by atoms with E-state index in [0.717, 1.165) is 36.6 Å². The largest absolute Gasteiger partial charge is 0.369 e. The molecule has 0 unspecified atom stereocenters. The van der Waals surface area contributed by atoms with Gasteiger partial charge in [0.1, 0.15) is 11.4 Å². The number of amides is 1. The van der Waals surface area contributed by atoms with Gasteiger partial charge in [-0.3, -0.25) is 9.78 Å². The van der Waals surface area contributed by atoms with Crippen LogP contribution in [0.2, 0.25) is 0 Å². The summed E-state index contributed by atoms with van der Waals surface area (Å²) in [5.41, 5.74) is 0.979. The van der Waals surface area contributed by atoms with Gasteiger partial charge in [0, 0.05) is 44.2 Å². The van der Waals surface area contributed by atoms with Crippen LogP contribution in [0.4, 0.5) is 11.6 Å². The van der Waals surface area contributed by atoms with Crippen LogP contribution in [0.25, 0.3) is 0 Å². The third-order valence-electron chi connectivity index (χ3n) is 4.98. The lowest BCUT2D eigenvalue weighted by atomic mass is 9.93. The molecule has 0 spiro atoms. The number of hydrogen-bond donors (Lipinski definition) is 1. The number of carbonyl (C=O) groups is 1. The summed E-state index contributed by atoms with van der Waals surface area (Å²) in [6.07, 6.45) is 5.26. The summed E-state index contributed by atoms with van der Waals surface area (Å²) in [5.74, 6) is 1.56. The van der Waals surface area contributed by atoms with Crippen molar-refractivity contribution in [3.8, 4) is 0 Å². The summed E-state index contributed by atoms with van der Waals surface area (Å²) in [6, 6.07) is 5.81. The Morgan fingerprint density at radius 2 is 2.07 bits per heavy atom. The van der Waals surface area contributed by atoms with Gasteiger partial charge in [-0.2, -0.15) is 0 Å². The zero-order valence-electron chi connectivity index (χ0n) is 16.4. The molecule has 0 saturated carbocycles. The topological polar surface area (TPSA) is 80.2 Å². The van der Waals surface area contributed by atoms with Gasteiger partial charge in [-0.25, -0.2) is 9.97 Å². The van der Waals surface area contributed by atoms with E-state index in [-0.39, 0.29) is 11.8 Å². The molecule has 1 N–H and O–H groups in total. The van der Waals surface area contributed by atoms with Crippen molar-refractivity contribution in [1.82, 2.24) is 19.9 Å². The minimum absolute atomic E-state index is 0.00782. The molecule has 1 aliphatic heterocycles. The van der Waals surface area contributed by atoms with Crippen LogP contribution in [0, 0.1) is 6.92 Å². The van der Waals surface area contributed by atoms with Crippen molar-refractivity contribution in [2.75, 3.05) is 25.5 Å². The number of aryl methyl sites for hydroxylation is 1. The molecular weight excluding hydrogens is 342 g/mol. The van der Waals surface area contributed by atoms with Crippen LogP contribution in [-0.4, -0.2) is 51.6 Å². The first kappa shape index (κ1) is 19.2. The molecule has 1 aliphatic rings. The molecule has 2 aromatic heterocycles. The summed E-state index contributed by atoms with van der Waals surface area (Å²) in [5, 5.41) is 3.28. The van der Waals surface area contributed by atoms with Crippen molar-refractivity contribution in [3.05, 3.63) is 42.0 Å². The predicted molar refractivity (Wildman–Crippen MR) is 104 cm³/mol. The van der Waals surface area contributed by atoms with Gasteiger partial charge in [-0.05, 0) is 45.7 Å². The lowest BCUT2D eigenvalue weighted by molar-refractivity contribution is -0.152. The zero-order valence-corrected chi connectivity index (χ0v) is 16.4. The van der Waals surface area contributed by atoms with Gasteiger partial charge in [0.15, 0.2) is 5.82 Å². The van der Waals surface area contributed by atoms with E-state index < -0.39 is 5.60 Å². The number of nitrogens with one attached hydrogen (secondary N) is 1. The predicted octanol–water partition coefficient (Wildman–Crippen LogP) is 3.05. The fraction of sp³-hybridized carbons (Fsp3) is 0.500. The van der Waals surface area contributed by atoms with E-state index in [2.05, 4.69) is 20.3 Å². The number of likely N-dealkylation sites (tertiary alicyclic amines) is 1. The van der Waals surface area contributed by atoms with Crippen molar-refractivity contribution in [1.29, 1.82) is 0 Å². The van der Waals surface area contributed by atoms with Gasteiger partial charge < -0.3 is 15.0 Å². The number of pyridine rings is 1. The highest BCUT2D eigenvalue weighted by Crippen LogP contribution is 2.31. The van der Waals surface area contributed by atoms with Gasteiger partial charge in [0.25, 0.3) is 5.91 Å². The van der Waals surface area contributed by atoms with Gasteiger partial charge in [-0.15, -0.1) is 0 Å². The molecular formula is C20H27N5O2. The minimum Gasteiger partial charge on any atom is -0.369 e. The Labute approximate surface area is 160 Å². The lowest BCUT2D eigenvalue weighted by Gasteiger charge is -2.37. The lowest BCUT2D eigenvalue weighted by Crippen LogP contribution is -2.49. The van der Waals surface area contributed by atoms with E-state index in [9.17, 15) is 4.79 Å². The van der Waals surface area contributed by atoms with Crippen LogP contribution in [0.15, 0.2) is 30.6 Å². The van der Waals surface area contributed by atoms with Crippen LogP contribution in [0.3, 0.4) is 0 Å². The van der Waals surface area contributed by atoms with Gasteiger partial charge in [0.05, 0.1) is 5.69 Å². The highest BCUT2D eigenvalue weighted by molar-refractivity contribution is 5.84. The Morgan fingerprint density at radius 3 is 2.81 bits per heavy atom. The molecule has 1 saturated heterocycles. The quantitative estimate of drug-likeness (QED) is 0.872. The number of methoxy groups -OCH3 is 1. The van der Waals surface area contributed by atoms with Gasteiger partial charge >= 0.3 is 0 Å². The van der Waals surface area contributed by atoms with Crippen LogP contribution in [-0.2, 0) is 9.53 Å². The third kappa shape index (κ3) is 4.42. The fourth-order valence-corrected chi connectivity index (χ4v) is 3.33. The molecule has 0 radical (unpaired) electrons. The van der Waals surface area contributed by atoms with Crippen molar-refractivity contribution in [2.24, 2.45) is 0 Å². The Bertz CT molecular complexity index is 808. The number of hydrogen-bond acceptors (Lipinski definition) is 6. The second kappa shape index (κ2) is 8.00. The van der Waals surface area contributed by atoms with Gasteiger partial charge in [0.2, 0.25) is 0 Å². The first-order chi connectivity index (χ1) is 12.9. The van der Waals surface area contributed by atoms with E-state index in [4.69, 9.17) is 4.74 Å². The summed E-state index contributed by atoms with van der Waals surface area (Å²) in [4.78, 5) is 28.2. The van der Waals surface area contributed by atoms with E-state index in [0.29, 0.717) is 12.4 Å². The van der Waals surface area contributed by atoms with Crippen LogP contribution < -0.4 is 5.32 Å². The minimum atomic E-state index is -0.823. The molecule has 3 heterocycles. The van der Waals surface area contributed by atoms with Gasteiger partial charge in [-0.1, -0.05) is 6.07 Å². The maximum absolute atomic E-state index is 12.8. The van der Waals surface area contributed by atoms with Crippen molar-refractivity contribution in [2.45, 2.75) is 45.1 Å². The third-order valence-corrected chi connectivity index (χ3v) is 4.98. The second-order valence-electron chi connectivity index (χ2n) is 7.38. The molecule has 7 nitrogen and oxygen atoms in total. The maximum Gasteiger partial charge on any atom is 0.254 e. The number of anilines is 2. The molecule has 27 heavy (non-hydrogen) atoms. The molecule has 1 fully saturated rings. The highest BCUT2D eigenvalue weighted by atomic mass is 16.5. The molecule has 144 valence electrons. The normalized spacial score (nSPS) is 17.6. The monoisotopic (exact) mass is 369 g/mol. The molecule has 0 aromatic carbocycles. The maximum atomic E-state index is 12.8. The van der Waals surface area contributed by atoms with Crippen molar-refractivity contribution < 1.29 is 9.53 Å². The standard InChI is InChI=1S/C20H27N5O2/c1-14-7-5-9-16(23-14)24-18-17(21-10-11-22-18)15-8-6-12-25(13-15)19(26)20(2,3)27-4/h5,7,9-11,15H,6,8,12-13H2,1-4H3,(H,22,23,24)/t15-/m0/s1. The average molecular weight is 369 g/mol. The summed E-state index contributed by atoms with van der Waals surface area (Å²) < 4.78 is 5.37. The zero-order chi connectivity index (χ0) is 19.4. The highest BCUT2D eigenvalue weighted by Gasteiger charge is 2.35. The first-order valence-corrected chi connectivity index (χ1v) is 9.27. The SMILES string of the molecule is COC(C)(C)C(=O)N1CCC[C@H](c2nccnc2Nc2cccc(C)n2)C1. The van der Waals surface area contributed by atoms with Crippen LogP contribution in [0.5, 0.6) is 0 Å². The van der Waals surface area contributed by atoms with E-state index in [1.807, 2.05) is 30.0 Å². The molecule has 1 amide bonds. The number of piperidine rings is 1. The molecule has 0 bridgehead atoms. The van der Waals surface area contributed by atoms with Crippen molar-refractivity contribution in [3.63, 3.8) is 0 Å². The number of carbonyl (C=O) groups excluding carboxylic acids is 1.